The molecule has 1 amide bonds. The maximum atomic E-state index is 13.0. The highest BCUT2D eigenvalue weighted by molar-refractivity contribution is 7.85. The molecule has 1 saturated heterocycles. The normalized spacial score (nSPS) is 16.8. The number of hydrogen-bond donors (Lipinski definition) is 2. The van der Waals surface area contributed by atoms with Crippen LogP contribution in [0, 0.1) is 5.82 Å². The molecule has 1 aliphatic heterocycles. The Labute approximate surface area is 126 Å². The minimum absolute atomic E-state index is 0.0223. The van der Waals surface area contributed by atoms with Gasteiger partial charge in [0.1, 0.15) is 5.82 Å². The summed E-state index contributed by atoms with van der Waals surface area (Å²) >= 11 is 0. The van der Waals surface area contributed by atoms with Gasteiger partial charge in [-0.25, -0.2) is 4.39 Å². The van der Waals surface area contributed by atoms with E-state index in [1.54, 1.807) is 0 Å². The van der Waals surface area contributed by atoms with E-state index in [0.717, 1.165) is 37.6 Å². The molecule has 0 aliphatic carbocycles. The van der Waals surface area contributed by atoms with E-state index in [4.69, 9.17) is 5.73 Å². The average molecular weight is 313 g/mol. The molecule has 1 heterocycles. The zero-order chi connectivity index (χ0) is 15.2. The number of nitrogens with one attached hydrogen (secondary N) is 1. The number of nitrogens with zero attached hydrogens (tertiary/aromatic N) is 1. The summed E-state index contributed by atoms with van der Waals surface area (Å²) in [5, 5.41) is 2.70. The van der Waals surface area contributed by atoms with Crippen molar-refractivity contribution in [3.05, 3.63) is 24.0 Å². The fraction of sp³-hybridized carbons (Fsp3) is 0.500. The number of amides is 1. The molecular formula is C14H20FN3O2S. The fourth-order valence-electron chi connectivity index (χ4n) is 2.21. The number of halogens is 1. The molecule has 0 unspecified atom stereocenters. The van der Waals surface area contributed by atoms with Crippen LogP contribution in [-0.2, 0) is 15.6 Å². The van der Waals surface area contributed by atoms with E-state index in [0.29, 0.717) is 12.1 Å². The third kappa shape index (κ3) is 5.09. The van der Waals surface area contributed by atoms with Crippen molar-refractivity contribution in [2.75, 3.05) is 42.2 Å². The summed E-state index contributed by atoms with van der Waals surface area (Å²) in [6, 6.07) is 4.13. The van der Waals surface area contributed by atoms with Gasteiger partial charge >= 0.3 is 0 Å². The van der Waals surface area contributed by atoms with Crippen molar-refractivity contribution >= 4 is 28.1 Å². The summed E-state index contributed by atoms with van der Waals surface area (Å²) in [7, 11) is -0.669. The first-order chi connectivity index (χ1) is 10.0. The third-order valence-corrected chi connectivity index (χ3v) is 4.70. The lowest BCUT2D eigenvalue weighted by atomic mass is 10.2. The molecule has 0 bridgehead atoms. The summed E-state index contributed by atoms with van der Waals surface area (Å²) in [5.74, 6) is 0.847. The van der Waals surface area contributed by atoms with Gasteiger partial charge in [0.15, 0.2) is 0 Å². The molecule has 1 aromatic rings. The topological polar surface area (TPSA) is 75.4 Å². The molecule has 21 heavy (non-hydrogen) atoms. The number of anilines is 2. The van der Waals surface area contributed by atoms with Crippen molar-refractivity contribution in [2.45, 2.75) is 12.8 Å². The first-order valence-corrected chi connectivity index (χ1v) is 8.45. The van der Waals surface area contributed by atoms with Gasteiger partial charge in [-0.3, -0.25) is 9.00 Å². The Hall–Kier alpha value is -1.47. The molecule has 0 saturated carbocycles. The Morgan fingerprint density at radius 2 is 2.10 bits per heavy atom. The van der Waals surface area contributed by atoms with Crippen molar-refractivity contribution in [1.82, 2.24) is 4.90 Å². The first-order valence-electron chi connectivity index (χ1n) is 6.97. The maximum Gasteiger partial charge on any atom is 0.224 e. The number of nitrogens with two attached hydrogens (primary N) is 1. The molecule has 1 aliphatic rings. The van der Waals surface area contributed by atoms with Crippen LogP contribution in [-0.4, -0.2) is 46.2 Å². The second-order valence-corrected chi connectivity index (χ2v) is 6.77. The number of rotatable bonds is 5. The van der Waals surface area contributed by atoms with Gasteiger partial charge < -0.3 is 16.0 Å². The summed E-state index contributed by atoms with van der Waals surface area (Å²) < 4.78 is 24.2. The molecule has 0 atom stereocenters. The molecule has 0 spiro atoms. The van der Waals surface area contributed by atoms with Crippen molar-refractivity contribution in [2.24, 2.45) is 0 Å². The molecule has 0 aromatic heterocycles. The van der Waals surface area contributed by atoms with Crippen molar-refractivity contribution in [3.8, 4) is 0 Å². The Kier molecular flexibility index (Phi) is 5.69. The SMILES string of the molecule is Nc1cc(NC(=O)CCCN2CCS(=O)CC2)ccc1F. The van der Waals surface area contributed by atoms with Gasteiger partial charge in [-0.1, -0.05) is 0 Å². The van der Waals surface area contributed by atoms with Crippen LogP contribution in [0.1, 0.15) is 12.8 Å². The Bertz CT molecular complexity index is 529. The molecule has 7 heteroatoms. The minimum Gasteiger partial charge on any atom is -0.396 e. The monoisotopic (exact) mass is 313 g/mol. The number of hydrogen-bond acceptors (Lipinski definition) is 4. The average Bonchev–Trinajstić information content (AvgIpc) is 2.45. The van der Waals surface area contributed by atoms with Gasteiger partial charge in [-0.15, -0.1) is 0 Å². The van der Waals surface area contributed by atoms with Gasteiger partial charge in [0.2, 0.25) is 5.91 Å². The first kappa shape index (κ1) is 15.9. The number of nitrogen functional groups attached to an aromatic ring is 1. The van der Waals surface area contributed by atoms with Crippen molar-refractivity contribution in [1.29, 1.82) is 0 Å². The van der Waals surface area contributed by atoms with E-state index >= 15 is 0 Å². The second kappa shape index (κ2) is 7.51. The van der Waals surface area contributed by atoms with E-state index in [1.165, 1.54) is 18.2 Å². The molecule has 2 rings (SSSR count). The smallest absolute Gasteiger partial charge is 0.224 e. The largest absolute Gasteiger partial charge is 0.396 e. The van der Waals surface area contributed by atoms with Crippen LogP contribution < -0.4 is 11.1 Å². The lowest BCUT2D eigenvalue weighted by molar-refractivity contribution is -0.116. The van der Waals surface area contributed by atoms with Crippen LogP contribution >= 0.6 is 0 Å². The Morgan fingerprint density at radius 3 is 2.76 bits per heavy atom. The lowest BCUT2D eigenvalue weighted by Crippen LogP contribution is -2.38. The Morgan fingerprint density at radius 1 is 1.38 bits per heavy atom. The van der Waals surface area contributed by atoms with E-state index in [1.807, 2.05) is 0 Å². The van der Waals surface area contributed by atoms with E-state index in [9.17, 15) is 13.4 Å². The molecule has 3 N–H and O–H groups in total. The lowest BCUT2D eigenvalue weighted by Gasteiger charge is -2.25. The van der Waals surface area contributed by atoms with Gasteiger partial charge in [0.05, 0.1) is 5.69 Å². The summed E-state index contributed by atoms with van der Waals surface area (Å²) in [6.45, 7) is 2.50. The highest BCUT2D eigenvalue weighted by Crippen LogP contribution is 2.16. The standard InChI is InChI=1S/C14H20FN3O2S/c15-12-4-3-11(10-13(12)16)17-14(19)2-1-5-18-6-8-21(20)9-7-18/h3-4,10H,1-2,5-9,16H2,(H,17,19). The number of carbonyl (C=O) groups is 1. The van der Waals surface area contributed by atoms with E-state index < -0.39 is 16.6 Å². The summed E-state index contributed by atoms with van der Waals surface area (Å²) in [4.78, 5) is 14.0. The second-order valence-electron chi connectivity index (χ2n) is 5.08. The molecule has 1 fully saturated rings. The summed E-state index contributed by atoms with van der Waals surface area (Å²) in [6.07, 6.45) is 1.14. The third-order valence-electron chi connectivity index (χ3n) is 3.43. The highest BCUT2D eigenvalue weighted by atomic mass is 32.2. The maximum absolute atomic E-state index is 13.0. The number of benzene rings is 1. The quantitative estimate of drug-likeness (QED) is 0.801. The molecule has 5 nitrogen and oxygen atoms in total. The van der Waals surface area contributed by atoms with Crippen LogP contribution in [0.15, 0.2) is 18.2 Å². The molecule has 116 valence electrons. The van der Waals surface area contributed by atoms with Crippen LogP contribution in [0.2, 0.25) is 0 Å². The zero-order valence-corrected chi connectivity index (χ0v) is 12.6. The van der Waals surface area contributed by atoms with Gasteiger partial charge in [0, 0.05) is 47.5 Å². The van der Waals surface area contributed by atoms with Crippen LogP contribution in [0.25, 0.3) is 0 Å². The van der Waals surface area contributed by atoms with Crippen LogP contribution in [0.5, 0.6) is 0 Å². The fourth-order valence-corrected chi connectivity index (χ4v) is 3.34. The highest BCUT2D eigenvalue weighted by Gasteiger charge is 2.14. The Balaban J connectivity index is 1.70. The van der Waals surface area contributed by atoms with Crippen molar-refractivity contribution in [3.63, 3.8) is 0 Å². The van der Waals surface area contributed by atoms with E-state index in [2.05, 4.69) is 10.2 Å². The summed E-state index contributed by atoms with van der Waals surface area (Å²) in [5.41, 5.74) is 5.98. The predicted octanol–water partition coefficient (Wildman–Crippen LogP) is 1.19. The zero-order valence-electron chi connectivity index (χ0n) is 11.8. The predicted molar refractivity (Wildman–Crippen MR) is 83.0 cm³/mol. The van der Waals surface area contributed by atoms with Gasteiger partial charge in [-0.2, -0.15) is 0 Å². The molecular weight excluding hydrogens is 293 g/mol. The van der Waals surface area contributed by atoms with Crippen molar-refractivity contribution < 1.29 is 13.4 Å². The van der Waals surface area contributed by atoms with E-state index in [-0.39, 0.29) is 11.6 Å². The molecule has 0 radical (unpaired) electrons. The van der Waals surface area contributed by atoms with Crippen LogP contribution in [0.4, 0.5) is 15.8 Å². The minimum atomic E-state index is -0.669. The van der Waals surface area contributed by atoms with Crippen LogP contribution in [0.3, 0.4) is 0 Å². The van der Waals surface area contributed by atoms with Gasteiger partial charge in [-0.05, 0) is 31.2 Å². The molecule has 1 aromatic carbocycles. The number of carbonyl (C=O) groups excluding carboxylic acids is 1. The van der Waals surface area contributed by atoms with Gasteiger partial charge in [0.25, 0.3) is 0 Å².